The summed E-state index contributed by atoms with van der Waals surface area (Å²) in [7, 11) is 0. The van der Waals surface area contributed by atoms with Crippen molar-refractivity contribution >= 4 is 5.91 Å². The predicted molar refractivity (Wildman–Crippen MR) is 108 cm³/mol. The number of amides is 1. The number of aliphatic hydroxyl groups is 1. The zero-order valence-corrected chi connectivity index (χ0v) is 15.8. The Morgan fingerprint density at radius 1 is 0.889 bits per heavy atom. The number of hydrogen-bond donors (Lipinski definition) is 1. The molecule has 2 aliphatic rings. The van der Waals surface area contributed by atoms with Crippen LogP contribution in [-0.2, 0) is 0 Å². The first-order chi connectivity index (χ1) is 13.1. The molecule has 0 saturated carbocycles. The van der Waals surface area contributed by atoms with E-state index >= 15 is 0 Å². The van der Waals surface area contributed by atoms with Gasteiger partial charge in [0.1, 0.15) is 0 Å². The normalized spacial score (nSPS) is 23.5. The molecule has 2 fully saturated rings. The van der Waals surface area contributed by atoms with Crippen LogP contribution in [0.1, 0.15) is 36.0 Å². The maximum absolute atomic E-state index is 13.0. The summed E-state index contributed by atoms with van der Waals surface area (Å²) in [6.07, 6.45) is 4.07. The van der Waals surface area contributed by atoms with E-state index in [1.165, 1.54) is 12.8 Å². The third-order valence-electron chi connectivity index (χ3n) is 5.80. The van der Waals surface area contributed by atoms with Gasteiger partial charge in [-0.25, -0.2) is 0 Å². The minimum Gasteiger partial charge on any atom is -0.387 e. The second kappa shape index (κ2) is 7.83. The number of benzene rings is 2. The zero-order valence-electron chi connectivity index (χ0n) is 15.8. The van der Waals surface area contributed by atoms with Crippen molar-refractivity contribution in [2.24, 2.45) is 0 Å². The average molecular weight is 364 g/mol. The van der Waals surface area contributed by atoms with E-state index in [4.69, 9.17) is 0 Å². The maximum atomic E-state index is 13.0. The Balaban J connectivity index is 1.44. The van der Waals surface area contributed by atoms with Crippen LogP contribution in [0.5, 0.6) is 0 Å². The lowest BCUT2D eigenvalue weighted by molar-refractivity contribution is -0.0431. The van der Waals surface area contributed by atoms with Gasteiger partial charge in [-0.2, -0.15) is 0 Å². The SMILES string of the molecule is O=C(c1ccc(-c2ccccc2)cc1)N1CCC[C@](O)(CN2CCCC2)C1. The molecule has 142 valence electrons. The Morgan fingerprint density at radius 2 is 1.56 bits per heavy atom. The Hall–Kier alpha value is -2.17. The second-order valence-electron chi connectivity index (χ2n) is 7.98. The highest BCUT2D eigenvalue weighted by atomic mass is 16.3. The van der Waals surface area contributed by atoms with Crippen molar-refractivity contribution < 1.29 is 9.90 Å². The third-order valence-corrected chi connectivity index (χ3v) is 5.80. The molecule has 4 nitrogen and oxygen atoms in total. The lowest BCUT2D eigenvalue weighted by Gasteiger charge is -2.41. The van der Waals surface area contributed by atoms with Crippen LogP contribution >= 0.6 is 0 Å². The van der Waals surface area contributed by atoms with Crippen LogP contribution in [0, 0.1) is 0 Å². The molecule has 27 heavy (non-hydrogen) atoms. The number of piperidine rings is 1. The molecule has 1 N–H and O–H groups in total. The first kappa shape index (κ1) is 18.2. The van der Waals surface area contributed by atoms with E-state index in [1.54, 1.807) is 0 Å². The highest BCUT2D eigenvalue weighted by Gasteiger charge is 2.37. The van der Waals surface area contributed by atoms with Crippen molar-refractivity contribution in [3.05, 3.63) is 60.2 Å². The summed E-state index contributed by atoms with van der Waals surface area (Å²) in [5.41, 5.74) is 2.17. The van der Waals surface area contributed by atoms with Gasteiger partial charge in [-0.3, -0.25) is 4.79 Å². The van der Waals surface area contributed by atoms with E-state index in [9.17, 15) is 9.90 Å². The number of nitrogens with zero attached hydrogens (tertiary/aromatic N) is 2. The van der Waals surface area contributed by atoms with Gasteiger partial charge in [-0.1, -0.05) is 42.5 Å². The fourth-order valence-electron chi connectivity index (χ4n) is 4.39. The lowest BCUT2D eigenvalue weighted by Crippen LogP contribution is -2.55. The van der Waals surface area contributed by atoms with E-state index in [1.807, 2.05) is 47.4 Å². The number of β-amino-alcohol motifs (C(OH)–C–C–N with tert-alkyl or cyclic N) is 1. The smallest absolute Gasteiger partial charge is 0.253 e. The Labute approximate surface area is 161 Å². The number of hydrogen-bond acceptors (Lipinski definition) is 3. The zero-order chi connectivity index (χ0) is 18.7. The molecule has 2 aromatic rings. The number of carbonyl (C=O) groups is 1. The van der Waals surface area contributed by atoms with Crippen molar-refractivity contribution in [3.8, 4) is 11.1 Å². The van der Waals surface area contributed by atoms with Gasteiger partial charge in [-0.15, -0.1) is 0 Å². The minimum atomic E-state index is -0.776. The van der Waals surface area contributed by atoms with Crippen LogP contribution in [0.25, 0.3) is 11.1 Å². The molecule has 2 aliphatic heterocycles. The van der Waals surface area contributed by atoms with Crippen LogP contribution in [0.15, 0.2) is 54.6 Å². The molecule has 1 amide bonds. The summed E-state index contributed by atoms with van der Waals surface area (Å²) in [4.78, 5) is 17.1. The molecule has 0 spiro atoms. The summed E-state index contributed by atoms with van der Waals surface area (Å²) in [6.45, 7) is 3.97. The Bertz CT molecular complexity index is 769. The molecular weight excluding hydrogens is 336 g/mol. The molecule has 1 atom stereocenters. The molecule has 0 aliphatic carbocycles. The van der Waals surface area contributed by atoms with E-state index < -0.39 is 5.60 Å². The van der Waals surface area contributed by atoms with Crippen molar-refractivity contribution in [3.63, 3.8) is 0 Å². The maximum Gasteiger partial charge on any atom is 0.253 e. The van der Waals surface area contributed by atoms with Gasteiger partial charge in [0.05, 0.1) is 12.1 Å². The van der Waals surface area contributed by atoms with Crippen molar-refractivity contribution in [1.29, 1.82) is 0 Å². The van der Waals surface area contributed by atoms with Crippen molar-refractivity contribution in [2.45, 2.75) is 31.3 Å². The minimum absolute atomic E-state index is 0.0224. The fraction of sp³-hybridized carbons (Fsp3) is 0.435. The van der Waals surface area contributed by atoms with Crippen LogP contribution in [0.3, 0.4) is 0 Å². The van der Waals surface area contributed by atoms with Gasteiger partial charge < -0.3 is 14.9 Å². The van der Waals surface area contributed by atoms with Crippen LogP contribution in [0.4, 0.5) is 0 Å². The summed E-state index contributed by atoms with van der Waals surface area (Å²) in [6, 6.07) is 18.0. The topological polar surface area (TPSA) is 43.8 Å². The summed E-state index contributed by atoms with van der Waals surface area (Å²) < 4.78 is 0. The van der Waals surface area contributed by atoms with E-state index in [2.05, 4.69) is 17.0 Å². The molecule has 2 heterocycles. The summed E-state index contributed by atoms with van der Waals surface area (Å²) in [5.74, 6) is 0.0224. The summed E-state index contributed by atoms with van der Waals surface area (Å²) >= 11 is 0. The Morgan fingerprint density at radius 3 is 2.26 bits per heavy atom. The average Bonchev–Trinajstić information content (AvgIpc) is 3.20. The largest absolute Gasteiger partial charge is 0.387 e. The molecule has 0 unspecified atom stereocenters. The van der Waals surface area contributed by atoms with Crippen LogP contribution < -0.4 is 0 Å². The number of carbonyl (C=O) groups excluding carboxylic acids is 1. The van der Waals surface area contributed by atoms with E-state index in [0.29, 0.717) is 18.7 Å². The molecule has 0 aromatic heterocycles. The molecule has 2 aromatic carbocycles. The molecule has 0 radical (unpaired) electrons. The lowest BCUT2D eigenvalue weighted by atomic mass is 9.91. The molecular formula is C23H28N2O2. The van der Waals surface area contributed by atoms with Crippen LogP contribution in [-0.4, -0.2) is 59.1 Å². The highest BCUT2D eigenvalue weighted by molar-refractivity contribution is 5.94. The molecule has 2 saturated heterocycles. The molecule has 4 rings (SSSR count). The quantitative estimate of drug-likeness (QED) is 0.904. The molecule has 4 heteroatoms. The predicted octanol–water partition coefficient (Wildman–Crippen LogP) is 3.42. The van der Waals surface area contributed by atoms with Gasteiger partial charge in [-0.05, 0) is 62.0 Å². The van der Waals surface area contributed by atoms with E-state index in [-0.39, 0.29) is 5.91 Å². The standard InChI is InChI=1S/C23H28N2O2/c26-22(21-11-9-20(10-12-21)19-7-2-1-3-8-19)25-16-6-13-23(27,18-25)17-24-14-4-5-15-24/h1-3,7-12,27H,4-6,13-18H2/t23-/m0/s1. The third kappa shape index (κ3) is 4.23. The van der Waals surface area contributed by atoms with Gasteiger partial charge in [0.2, 0.25) is 0 Å². The summed E-state index contributed by atoms with van der Waals surface area (Å²) in [5, 5.41) is 11.1. The molecule has 0 bridgehead atoms. The van der Waals surface area contributed by atoms with Gasteiger partial charge >= 0.3 is 0 Å². The monoisotopic (exact) mass is 364 g/mol. The van der Waals surface area contributed by atoms with Gasteiger partial charge in [0.25, 0.3) is 5.91 Å². The first-order valence-corrected chi connectivity index (χ1v) is 10.0. The number of rotatable bonds is 4. The van der Waals surface area contributed by atoms with E-state index in [0.717, 1.165) is 43.6 Å². The highest BCUT2D eigenvalue weighted by Crippen LogP contribution is 2.26. The fourth-order valence-corrected chi connectivity index (χ4v) is 4.39. The second-order valence-corrected chi connectivity index (χ2v) is 7.98. The van der Waals surface area contributed by atoms with Gasteiger partial charge in [0.15, 0.2) is 0 Å². The van der Waals surface area contributed by atoms with Crippen molar-refractivity contribution in [2.75, 3.05) is 32.7 Å². The van der Waals surface area contributed by atoms with Crippen LogP contribution in [0.2, 0.25) is 0 Å². The number of likely N-dealkylation sites (tertiary alicyclic amines) is 2. The van der Waals surface area contributed by atoms with Crippen molar-refractivity contribution in [1.82, 2.24) is 9.80 Å². The Kier molecular flexibility index (Phi) is 5.28. The van der Waals surface area contributed by atoms with Gasteiger partial charge in [0, 0.05) is 18.7 Å². The first-order valence-electron chi connectivity index (χ1n) is 10.0.